The largest absolute Gasteiger partial charge is 0.495 e. The molecule has 18 heavy (non-hydrogen) atoms. The van der Waals surface area contributed by atoms with Crippen LogP contribution in [0.2, 0.25) is 0 Å². The minimum Gasteiger partial charge on any atom is -0.495 e. The molecular weight excluding hydrogens is 322 g/mol. The van der Waals surface area contributed by atoms with Crippen LogP contribution in [0.5, 0.6) is 5.75 Å². The Morgan fingerprint density at radius 3 is 2.83 bits per heavy atom. The lowest BCUT2D eigenvalue weighted by Gasteiger charge is -2.11. The van der Waals surface area contributed by atoms with Crippen molar-refractivity contribution in [1.82, 2.24) is 10.2 Å². The first kappa shape index (κ1) is 12.9. The second kappa shape index (κ2) is 4.99. The average Bonchev–Trinajstić information content (AvgIpc) is 2.83. The highest BCUT2D eigenvalue weighted by Gasteiger charge is 2.17. The zero-order valence-corrected chi connectivity index (χ0v) is 11.7. The number of nitrogens with zero attached hydrogens (tertiary/aromatic N) is 1. The number of ether oxygens (including phenoxy) is 1. The van der Waals surface area contributed by atoms with E-state index in [4.69, 9.17) is 4.74 Å². The first-order valence-electron chi connectivity index (χ1n) is 4.88. The SMILES string of the molecule is COc1ccc(Br)cc1NS(=O)(=O)c1cn[nH]c1. The summed E-state index contributed by atoms with van der Waals surface area (Å²) in [5.74, 6) is 0.435. The molecule has 2 aromatic rings. The van der Waals surface area contributed by atoms with Crippen LogP contribution >= 0.6 is 15.9 Å². The van der Waals surface area contributed by atoms with E-state index < -0.39 is 10.0 Å². The predicted molar refractivity (Wildman–Crippen MR) is 70.1 cm³/mol. The van der Waals surface area contributed by atoms with Gasteiger partial charge < -0.3 is 4.74 Å². The number of halogens is 1. The molecule has 1 heterocycles. The van der Waals surface area contributed by atoms with E-state index in [1.54, 1.807) is 18.2 Å². The van der Waals surface area contributed by atoms with Crippen molar-refractivity contribution in [2.75, 3.05) is 11.8 Å². The zero-order valence-electron chi connectivity index (χ0n) is 9.34. The Labute approximate surface area is 113 Å². The molecule has 0 spiro atoms. The normalized spacial score (nSPS) is 11.2. The minimum absolute atomic E-state index is 0.0597. The molecule has 2 rings (SSSR count). The molecule has 2 N–H and O–H groups in total. The van der Waals surface area contributed by atoms with Crippen molar-refractivity contribution >= 4 is 31.6 Å². The number of benzene rings is 1. The highest BCUT2D eigenvalue weighted by molar-refractivity contribution is 9.10. The molecule has 0 fully saturated rings. The summed E-state index contributed by atoms with van der Waals surface area (Å²) in [6, 6.07) is 5.04. The van der Waals surface area contributed by atoms with Crippen molar-refractivity contribution in [3.63, 3.8) is 0 Å². The molecule has 6 nitrogen and oxygen atoms in total. The summed E-state index contributed by atoms with van der Waals surface area (Å²) in [6.07, 6.45) is 2.53. The van der Waals surface area contributed by atoms with Crippen molar-refractivity contribution in [3.8, 4) is 5.75 Å². The Kier molecular flexibility index (Phi) is 3.58. The lowest BCUT2D eigenvalue weighted by molar-refractivity contribution is 0.417. The molecule has 0 saturated heterocycles. The van der Waals surface area contributed by atoms with Gasteiger partial charge in [0.15, 0.2) is 0 Å². The van der Waals surface area contributed by atoms with Crippen LogP contribution in [0.25, 0.3) is 0 Å². The molecule has 0 bridgehead atoms. The van der Waals surface area contributed by atoms with Gasteiger partial charge in [0.2, 0.25) is 0 Å². The maximum absolute atomic E-state index is 12.0. The molecule has 0 unspecified atom stereocenters. The summed E-state index contributed by atoms with van der Waals surface area (Å²) in [5.41, 5.74) is 0.355. The quantitative estimate of drug-likeness (QED) is 0.897. The van der Waals surface area contributed by atoms with E-state index in [-0.39, 0.29) is 4.90 Å². The highest BCUT2D eigenvalue weighted by Crippen LogP contribution is 2.29. The van der Waals surface area contributed by atoms with E-state index in [0.29, 0.717) is 11.4 Å². The molecular formula is C10H10BrN3O3S. The first-order chi connectivity index (χ1) is 8.53. The summed E-state index contributed by atoms with van der Waals surface area (Å²) in [5, 5.41) is 6.06. The Balaban J connectivity index is 2.37. The number of aromatic nitrogens is 2. The van der Waals surface area contributed by atoms with E-state index in [2.05, 4.69) is 30.8 Å². The van der Waals surface area contributed by atoms with Gasteiger partial charge >= 0.3 is 0 Å². The molecule has 0 atom stereocenters. The molecule has 0 aliphatic carbocycles. The van der Waals surface area contributed by atoms with Gasteiger partial charge in [-0.15, -0.1) is 0 Å². The van der Waals surface area contributed by atoms with E-state index in [1.807, 2.05) is 0 Å². The molecule has 0 aliphatic heterocycles. The summed E-state index contributed by atoms with van der Waals surface area (Å²) in [6.45, 7) is 0. The first-order valence-corrected chi connectivity index (χ1v) is 7.15. The monoisotopic (exact) mass is 331 g/mol. The van der Waals surface area contributed by atoms with E-state index in [0.717, 1.165) is 4.47 Å². The molecule has 0 amide bonds. The Bertz CT molecular complexity index is 640. The lowest BCUT2D eigenvalue weighted by atomic mass is 10.3. The molecule has 96 valence electrons. The van der Waals surface area contributed by atoms with Gasteiger partial charge in [-0.3, -0.25) is 9.82 Å². The fourth-order valence-corrected chi connectivity index (χ4v) is 2.68. The zero-order chi connectivity index (χ0) is 13.2. The Morgan fingerprint density at radius 1 is 1.44 bits per heavy atom. The van der Waals surface area contributed by atoms with Gasteiger partial charge in [0.05, 0.1) is 19.0 Å². The third kappa shape index (κ3) is 2.65. The fraction of sp³-hybridized carbons (Fsp3) is 0.100. The van der Waals surface area contributed by atoms with Crippen molar-refractivity contribution in [2.45, 2.75) is 4.90 Å². The second-order valence-electron chi connectivity index (χ2n) is 3.38. The van der Waals surface area contributed by atoms with Crippen LogP contribution in [0.1, 0.15) is 0 Å². The Morgan fingerprint density at radius 2 is 2.22 bits per heavy atom. The molecule has 1 aromatic carbocycles. The molecule has 0 saturated carbocycles. The smallest absolute Gasteiger partial charge is 0.265 e. The number of aromatic amines is 1. The van der Waals surface area contributed by atoms with E-state index >= 15 is 0 Å². The van der Waals surface area contributed by atoms with Gasteiger partial charge in [-0.25, -0.2) is 8.42 Å². The summed E-state index contributed by atoms with van der Waals surface area (Å²) in [4.78, 5) is 0.0597. The van der Waals surface area contributed by atoms with Gasteiger partial charge in [-0.05, 0) is 18.2 Å². The summed E-state index contributed by atoms with van der Waals surface area (Å²) < 4.78 is 32.3. The number of hydrogen-bond donors (Lipinski definition) is 2. The standard InChI is InChI=1S/C10H10BrN3O3S/c1-17-10-3-2-7(11)4-9(10)14-18(15,16)8-5-12-13-6-8/h2-6,14H,1H3,(H,12,13). The Hall–Kier alpha value is -1.54. The van der Waals surface area contributed by atoms with Crippen molar-refractivity contribution < 1.29 is 13.2 Å². The molecule has 8 heteroatoms. The summed E-state index contributed by atoms with van der Waals surface area (Å²) in [7, 11) is -2.19. The fourth-order valence-electron chi connectivity index (χ4n) is 1.35. The third-order valence-electron chi connectivity index (χ3n) is 2.19. The van der Waals surface area contributed by atoms with Gasteiger partial charge in [0.25, 0.3) is 10.0 Å². The van der Waals surface area contributed by atoms with Crippen LogP contribution in [0.3, 0.4) is 0 Å². The van der Waals surface area contributed by atoms with Crippen molar-refractivity contribution in [1.29, 1.82) is 0 Å². The van der Waals surface area contributed by atoms with Crippen LogP contribution < -0.4 is 9.46 Å². The third-order valence-corrected chi connectivity index (χ3v) is 4.02. The van der Waals surface area contributed by atoms with Crippen LogP contribution in [0.15, 0.2) is 40.0 Å². The van der Waals surface area contributed by atoms with Crippen LogP contribution in [0, 0.1) is 0 Å². The topological polar surface area (TPSA) is 84.1 Å². The van der Waals surface area contributed by atoms with Crippen LogP contribution in [-0.4, -0.2) is 25.7 Å². The average molecular weight is 332 g/mol. The number of H-pyrrole nitrogens is 1. The van der Waals surface area contributed by atoms with Gasteiger partial charge in [-0.1, -0.05) is 15.9 Å². The number of nitrogens with one attached hydrogen (secondary N) is 2. The molecule has 1 aromatic heterocycles. The maximum atomic E-state index is 12.0. The number of methoxy groups -OCH3 is 1. The molecule has 0 aliphatic rings. The van der Waals surface area contributed by atoms with Gasteiger partial charge in [0, 0.05) is 10.7 Å². The number of hydrogen-bond acceptors (Lipinski definition) is 4. The van der Waals surface area contributed by atoms with Crippen molar-refractivity contribution in [2.24, 2.45) is 0 Å². The van der Waals surface area contributed by atoms with Crippen molar-refractivity contribution in [3.05, 3.63) is 35.1 Å². The van der Waals surface area contributed by atoms with Crippen LogP contribution in [0.4, 0.5) is 5.69 Å². The van der Waals surface area contributed by atoms with E-state index in [9.17, 15) is 8.42 Å². The molecule has 0 radical (unpaired) electrons. The van der Waals surface area contributed by atoms with Gasteiger partial charge in [-0.2, -0.15) is 5.10 Å². The number of sulfonamides is 1. The highest BCUT2D eigenvalue weighted by atomic mass is 79.9. The second-order valence-corrected chi connectivity index (χ2v) is 5.98. The van der Waals surface area contributed by atoms with E-state index in [1.165, 1.54) is 19.5 Å². The summed E-state index contributed by atoms with van der Waals surface area (Å²) >= 11 is 3.27. The van der Waals surface area contributed by atoms with Gasteiger partial charge in [0.1, 0.15) is 10.6 Å². The minimum atomic E-state index is -3.66. The lowest BCUT2D eigenvalue weighted by Crippen LogP contribution is -2.13. The number of anilines is 1. The predicted octanol–water partition coefficient (Wildman–Crippen LogP) is 1.98. The number of rotatable bonds is 4. The maximum Gasteiger partial charge on any atom is 0.265 e. The van der Waals surface area contributed by atoms with Crippen LogP contribution in [-0.2, 0) is 10.0 Å².